The molecule has 0 atom stereocenters. The van der Waals surface area contributed by atoms with Crippen LogP contribution in [0.25, 0.3) is 33.1 Å². The van der Waals surface area contributed by atoms with Gasteiger partial charge in [-0.3, -0.25) is 0 Å². The van der Waals surface area contributed by atoms with Gasteiger partial charge in [0.05, 0.1) is 29.6 Å². The predicted octanol–water partition coefficient (Wildman–Crippen LogP) is 3.96. The Balaban J connectivity index is 2.02. The van der Waals surface area contributed by atoms with Gasteiger partial charge in [-0.2, -0.15) is 0 Å². The molecule has 0 spiro atoms. The molecule has 7 nitrogen and oxygen atoms in total. The highest BCUT2D eigenvalue weighted by atomic mass is 32.1. The summed E-state index contributed by atoms with van der Waals surface area (Å²) in [6.07, 6.45) is 1.55. The van der Waals surface area contributed by atoms with Gasteiger partial charge < -0.3 is 20.6 Å². The van der Waals surface area contributed by atoms with Crippen LogP contribution in [0.2, 0.25) is 0 Å². The summed E-state index contributed by atoms with van der Waals surface area (Å²) in [7, 11) is 0. The lowest BCUT2D eigenvalue weighted by Gasteiger charge is -2.07. The van der Waals surface area contributed by atoms with E-state index < -0.39 is 5.97 Å². The first-order valence-electron chi connectivity index (χ1n) is 8.25. The first-order chi connectivity index (χ1) is 13.1. The molecule has 4 N–H and O–H groups in total. The van der Waals surface area contributed by atoms with E-state index in [0.29, 0.717) is 43.7 Å². The predicted molar refractivity (Wildman–Crippen MR) is 105 cm³/mol. The Kier molecular flexibility index (Phi) is 4.25. The van der Waals surface area contributed by atoms with Crippen molar-refractivity contribution < 1.29 is 13.9 Å². The number of nitrogens with two attached hydrogens (primary N) is 2. The number of rotatable bonds is 4. The third kappa shape index (κ3) is 3.00. The lowest BCUT2D eigenvalue weighted by molar-refractivity contribution is 0.0533. The van der Waals surface area contributed by atoms with Crippen LogP contribution in [-0.4, -0.2) is 22.5 Å². The number of hydrogen-bond donors (Lipinski definition) is 2. The van der Waals surface area contributed by atoms with Crippen LogP contribution in [0.15, 0.2) is 47.1 Å². The Bertz CT molecular complexity index is 1140. The molecule has 0 unspecified atom stereocenters. The molecule has 0 amide bonds. The van der Waals surface area contributed by atoms with Crippen LogP contribution in [-0.2, 0) is 4.74 Å². The highest BCUT2D eigenvalue weighted by Gasteiger charge is 2.23. The molecular weight excluding hydrogens is 364 g/mol. The number of thiophene rings is 1. The van der Waals surface area contributed by atoms with Gasteiger partial charge in [0.15, 0.2) is 11.6 Å². The molecule has 3 aromatic heterocycles. The summed E-state index contributed by atoms with van der Waals surface area (Å²) in [4.78, 5) is 22.4. The van der Waals surface area contributed by atoms with Crippen LogP contribution in [0.1, 0.15) is 16.6 Å². The normalized spacial score (nSPS) is 11.0. The van der Waals surface area contributed by atoms with Gasteiger partial charge in [0, 0.05) is 11.3 Å². The number of nitrogen functional groups attached to an aromatic ring is 2. The van der Waals surface area contributed by atoms with Crippen LogP contribution in [0.3, 0.4) is 0 Å². The van der Waals surface area contributed by atoms with Gasteiger partial charge in [-0.1, -0.05) is 12.1 Å². The maximum absolute atomic E-state index is 12.3. The second kappa shape index (κ2) is 6.73. The Morgan fingerprint density at radius 2 is 2.07 bits per heavy atom. The van der Waals surface area contributed by atoms with Gasteiger partial charge in [-0.15, -0.1) is 11.3 Å². The maximum Gasteiger partial charge on any atom is 0.350 e. The average molecular weight is 380 g/mol. The summed E-state index contributed by atoms with van der Waals surface area (Å²) in [5.41, 5.74) is 14.5. The van der Waals surface area contributed by atoms with Crippen LogP contribution in [0, 0.1) is 0 Å². The smallest absolute Gasteiger partial charge is 0.350 e. The minimum absolute atomic E-state index is 0.262. The minimum Gasteiger partial charge on any atom is -0.462 e. The molecule has 0 aliphatic heterocycles. The van der Waals surface area contributed by atoms with E-state index in [2.05, 4.69) is 9.97 Å². The molecule has 0 fully saturated rings. The number of anilines is 2. The van der Waals surface area contributed by atoms with E-state index in [4.69, 9.17) is 20.6 Å². The van der Waals surface area contributed by atoms with E-state index in [9.17, 15) is 4.79 Å². The lowest BCUT2D eigenvalue weighted by Crippen LogP contribution is -2.05. The number of hydrogen-bond acceptors (Lipinski definition) is 8. The van der Waals surface area contributed by atoms with E-state index in [-0.39, 0.29) is 6.61 Å². The molecule has 4 rings (SSSR count). The van der Waals surface area contributed by atoms with Gasteiger partial charge in [0.25, 0.3) is 0 Å². The Labute approximate surface area is 158 Å². The number of esters is 1. The monoisotopic (exact) mass is 380 g/mol. The SMILES string of the molecule is CCOC(=O)c1sc2nc(-c3ccco3)nc(-c3cccc(N)c3)c2c1N. The van der Waals surface area contributed by atoms with Crippen LogP contribution >= 0.6 is 11.3 Å². The van der Waals surface area contributed by atoms with E-state index in [0.717, 1.165) is 5.56 Å². The summed E-state index contributed by atoms with van der Waals surface area (Å²) < 4.78 is 10.5. The van der Waals surface area contributed by atoms with Crippen molar-refractivity contribution in [2.45, 2.75) is 6.92 Å². The zero-order chi connectivity index (χ0) is 19.0. The zero-order valence-electron chi connectivity index (χ0n) is 14.4. The molecule has 0 saturated carbocycles. The first-order valence-corrected chi connectivity index (χ1v) is 9.07. The van der Waals surface area contributed by atoms with E-state index in [1.807, 2.05) is 12.1 Å². The Morgan fingerprint density at radius 1 is 1.22 bits per heavy atom. The molecule has 0 saturated heterocycles. The summed E-state index contributed by atoms with van der Waals surface area (Å²) in [5, 5.41) is 0.601. The molecule has 8 heteroatoms. The molecule has 0 radical (unpaired) electrons. The van der Waals surface area contributed by atoms with Crippen molar-refractivity contribution in [3.63, 3.8) is 0 Å². The van der Waals surface area contributed by atoms with Gasteiger partial charge in [0.1, 0.15) is 9.71 Å². The molecule has 1 aromatic carbocycles. The molecule has 3 heterocycles. The second-order valence-corrected chi connectivity index (χ2v) is 6.74. The van der Waals surface area contributed by atoms with E-state index in [1.54, 1.807) is 37.5 Å². The lowest BCUT2D eigenvalue weighted by atomic mass is 10.1. The van der Waals surface area contributed by atoms with Gasteiger partial charge in [-0.05, 0) is 31.2 Å². The third-order valence-electron chi connectivity index (χ3n) is 3.95. The average Bonchev–Trinajstić information content (AvgIpc) is 3.30. The maximum atomic E-state index is 12.3. The number of carbonyl (C=O) groups is 1. The molecule has 4 aromatic rings. The number of fused-ring (bicyclic) bond motifs is 1. The number of nitrogens with zero attached hydrogens (tertiary/aromatic N) is 2. The topological polar surface area (TPSA) is 117 Å². The van der Waals surface area contributed by atoms with Crippen LogP contribution in [0.5, 0.6) is 0 Å². The van der Waals surface area contributed by atoms with Gasteiger partial charge >= 0.3 is 5.97 Å². The van der Waals surface area contributed by atoms with Crippen molar-refractivity contribution in [1.29, 1.82) is 0 Å². The third-order valence-corrected chi connectivity index (χ3v) is 5.03. The molecular formula is C19H16N4O3S. The fourth-order valence-corrected chi connectivity index (χ4v) is 3.77. The molecule has 0 aliphatic rings. The van der Waals surface area contributed by atoms with Crippen LogP contribution < -0.4 is 11.5 Å². The van der Waals surface area contributed by atoms with E-state index in [1.165, 1.54) is 11.3 Å². The van der Waals surface area contributed by atoms with Gasteiger partial charge in [-0.25, -0.2) is 14.8 Å². The standard InChI is InChI=1S/C19H16N4O3S/c1-2-25-19(24)16-14(21)13-15(10-5-3-6-11(20)9-10)22-17(23-18(13)27-16)12-7-4-8-26-12/h3-9H,2,20-21H2,1H3. The van der Waals surface area contributed by atoms with Crippen molar-refractivity contribution >= 4 is 38.9 Å². The van der Waals surface area contributed by atoms with Crippen molar-refractivity contribution in [1.82, 2.24) is 9.97 Å². The Hall–Kier alpha value is -3.39. The number of carbonyl (C=O) groups excluding carboxylic acids is 1. The Morgan fingerprint density at radius 3 is 2.78 bits per heavy atom. The van der Waals surface area contributed by atoms with Crippen molar-refractivity contribution in [2.24, 2.45) is 0 Å². The largest absolute Gasteiger partial charge is 0.462 e. The molecule has 0 bridgehead atoms. The molecule has 136 valence electrons. The fourth-order valence-electron chi connectivity index (χ4n) is 2.78. The summed E-state index contributed by atoms with van der Waals surface area (Å²) >= 11 is 1.17. The number of ether oxygens (including phenoxy) is 1. The van der Waals surface area contributed by atoms with Crippen molar-refractivity contribution in [3.05, 3.63) is 47.5 Å². The molecule has 0 aliphatic carbocycles. The van der Waals surface area contributed by atoms with Crippen LogP contribution in [0.4, 0.5) is 11.4 Å². The van der Waals surface area contributed by atoms with Gasteiger partial charge in [0.2, 0.25) is 0 Å². The van der Waals surface area contributed by atoms with E-state index >= 15 is 0 Å². The quantitative estimate of drug-likeness (QED) is 0.406. The summed E-state index contributed by atoms with van der Waals surface area (Å²) in [6, 6.07) is 10.8. The van der Waals surface area contributed by atoms with Crippen molar-refractivity contribution in [2.75, 3.05) is 18.1 Å². The molecule has 27 heavy (non-hydrogen) atoms. The zero-order valence-corrected chi connectivity index (χ0v) is 15.2. The van der Waals surface area contributed by atoms with Crippen molar-refractivity contribution in [3.8, 4) is 22.8 Å². The summed E-state index contributed by atoms with van der Waals surface area (Å²) in [5.74, 6) is 0.448. The highest BCUT2D eigenvalue weighted by Crippen LogP contribution is 2.40. The minimum atomic E-state index is -0.476. The second-order valence-electron chi connectivity index (χ2n) is 5.74. The highest BCUT2D eigenvalue weighted by molar-refractivity contribution is 7.21. The summed E-state index contributed by atoms with van der Waals surface area (Å²) in [6.45, 7) is 2.01. The first kappa shape index (κ1) is 17.0. The number of benzene rings is 1. The fraction of sp³-hybridized carbons (Fsp3) is 0.105. The number of aromatic nitrogens is 2. The number of furan rings is 1.